The minimum absolute atomic E-state index is 0.185. The monoisotopic (exact) mass is 185 g/mol. The van der Waals surface area contributed by atoms with Crippen molar-refractivity contribution >= 4 is 0 Å². The van der Waals surface area contributed by atoms with E-state index < -0.39 is 0 Å². The molecule has 3 heteroatoms. The average Bonchev–Trinajstić information content (AvgIpc) is 2.15. The molecule has 0 bridgehead atoms. The summed E-state index contributed by atoms with van der Waals surface area (Å²) >= 11 is 0. The van der Waals surface area contributed by atoms with Gasteiger partial charge in [-0.15, -0.1) is 0 Å². The van der Waals surface area contributed by atoms with Gasteiger partial charge in [-0.25, -0.2) is 0 Å². The lowest BCUT2D eigenvalue weighted by atomic mass is 10.2. The van der Waals surface area contributed by atoms with Crippen LogP contribution in [-0.4, -0.2) is 49.0 Å². The standard InChI is InChI=1S/C10H19NO2/c1-9(2)3-4-11-5-6-13-8-10(11)7-12/h3,10,12H,4-8H2,1-2H3. The van der Waals surface area contributed by atoms with Gasteiger partial charge in [0, 0.05) is 13.1 Å². The molecule has 1 aliphatic rings. The van der Waals surface area contributed by atoms with Crippen molar-refractivity contribution in [2.75, 3.05) is 32.9 Å². The number of aliphatic hydroxyl groups excluding tert-OH is 1. The lowest BCUT2D eigenvalue weighted by molar-refractivity contribution is -0.0220. The van der Waals surface area contributed by atoms with Crippen LogP contribution in [0.1, 0.15) is 13.8 Å². The van der Waals surface area contributed by atoms with Crippen molar-refractivity contribution in [3.8, 4) is 0 Å². The van der Waals surface area contributed by atoms with Crippen molar-refractivity contribution < 1.29 is 9.84 Å². The Morgan fingerprint density at radius 1 is 1.62 bits per heavy atom. The molecule has 0 aromatic carbocycles. The van der Waals surface area contributed by atoms with Crippen LogP contribution in [0.4, 0.5) is 0 Å². The van der Waals surface area contributed by atoms with Crippen molar-refractivity contribution in [2.45, 2.75) is 19.9 Å². The molecule has 1 saturated heterocycles. The van der Waals surface area contributed by atoms with Crippen molar-refractivity contribution in [1.82, 2.24) is 4.90 Å². The Morgan fingerprint density at radius 3 is 3.00 bits per heavy atom. The van der Waals surface area contributed by atoms with Gasteiger partial charge < -0.3 is 9.84 Å². The highest BCUT2D eigenvalue weighted by Gasteiger charge is 2.20. The zero-order chi connectivity index (χ0) is 9.68. The van der Waals surface area contributed by atoms with E-state index in [9.17, 15) is 0 Å². The number of ether oxygens (including phenoxy) is 1. The van der Waals surface area contributed by atoms with Crippen molar-refractivity contribution in [3.63, 3.8) is 0 Å². The lowest BCUT2D eigenvalue weighted by Gasteiger charge is -2.33. The minimum atomic E-state index is 0.185. The molecule has 13 heavy (non-hydrogen) atoms. The summed E-state index contributed by atoms with van der Waals surface area (Å²) in [6, 6.07) is 0.185. The van der Waals surface area contributed by atoms with Gasteiger partial charge >= 0.3 is 0 Å². The minimum Gasteiger partial charge on any atom is -0.395 e. The highest BCUT2D eigenvalue weighted by atomic mass is 16.5. The summed E-state index contributed by atoms with van der Waals surface area (Å²) in [6.07, 6.45) is 2.19. The van der Waals surface area contributed by atoms with Gasteiger partial charge in [-0.2, -0.15) is 0 Å². The molecule has 0 amide bonds. The smallest absolute Gasteiger partial charge is 0.0644 e. The van der Waals surface area contributed by atoms with Gasteiger partial charge in [-0.05, 0) is 13.8 Å². The highest BCUT2D eigenvalue weighted by molar-refractivity contribution is 4.96. The maximum Gasteiger partial charge on any atom is 0.0644 e. The summed E-state index contributed by atoms with van der Waals surface area (Å²) in [5.74, 6) is 0. The molecular formula is C10H19NO2. The molecule has 1 aliphatic heterocycles. The third-order valence-electron chi connectivity index (χ3n) is 2.29. The van der Waals surface area contributed by atoms with Crippen molar-refractivity contribution in [3.05, 3.63) is 11.6 Å². The van der Waals surface area contributed by atoms with Gasteiger partial charge in [0.05, 0.1) is 25.9 Å². The molecule has 1 fully saturated rings. The first kappa shape index (κ1) is 10.7. The molecule has 3 nitrogen and oxygen atoms in total. The Hall–Kier alpha value is -0.380. The van der Waals surface area contributed by atoms with E-state index in [-0.39, 0.29) is 12.6 Å². The first-order valence-corrected chi connectivity index (χ1v) is 4.80. The molecule has 0 aromatic heterocycles. The summed E-state index contributed by atoms with van der Waals surface area (Å²) in [4.78, 5) is 2.26. The second-order valence-corrected chi connectivity index (χ2v) is 3.69. The largest absolute Gasteiger partial charge is 0.395 e. The number of rotatable bonds is 3. The van der Waals surface area contributed by atoms with Crippen LogP contribution in [-0.2, 0) is 4.74 Å². The summed E-state index contributed by atoms with van der Waals surface area (Å²) < 4.78 is 5.29. The van der Waals surface area contributed by atoms with Crippen LogP contribution in [0.3, 0.4) is 0 Å². The number of nitrogens with zero attached hydrogens (tertiary/aromatic N) is 1. The SMILES string of the molecule is CC(C)=CCN1CCOCC1CO. The number of hydrogen-bond donors (Lipinski definition) is 1. The first-order chi connectivity index (χ1) is 6.24. The average molecular weight is 185 g/mol. The van der Waals surface area contributed by atoms with E-state index >= 15 is 0 Å². The van der Waals surface area contributed by atoms with Gasteiger partial charge in [0.25, 0.3) is 0 Å². The number of hydrogen-bond acceptors (Lipinski definition) is 3. The lowest BCUT2D eigenvalue weighted by Crippen LogP contribution is -2.47. The van der Waals surface area contributed by atoms with Gasteiger partial charge in [-0.1, -0.05) is 11.6 Å². The Kier molecular flexibility index (Phi) is 4.42. The predicted molar refractivity (Wildman–Crippen MR) is 52.7 cm³/mol. The molecule has 1 atom stereocenters. The zero-order valence-electron chi connectivity index (χ0n) is 8.49. The van der Waals surface area contributed by atoms with E-state index in [2.05, 4.69) is 24.8 Å². The van der Waals surface area contributed by atoms with E-state index in [0.717, 1.165) is 19.7 Å². The van der Waals surface area contributed by atoms with Crippen LogP contribution in [0.5, 0.6) is 0 Å². The van der Waals surface area contributed by atoms with Crippen LogP contribution in [0, 0.1) is 0 Å². The van der Waals surface area contributed by atoms with Crippen molar-refractivity contribution in [1.29, 1.82) is 0 Å². The van der Waals surface area contributed by atoms with E-state index in [1.165, 1.54) is 5.57 Å². The summed E-state index contributed by atoms with van der Waals surface area (Å²) in [5.41, 5.74) is 1.32. The molecule has 1 N–H and O–H groups in total. The van der Waals surface area contributed by atoms with E-state index in [0.29, 0.717) is 6.61 Å². The van der Waals surface area contributed by atoms with Crippen LogP contribution < -0.4 is 0 Å². The molecule has 0 aromatic rings. The maximum atomic E-state index is 9.08. The second kappa shape index (κ2) is 5.37. The van der Waals surface area contributed by atoms with E-state index in [1.54, 1.807) is 0 Å². The first-order valence-electron chi connectivity index (χ1n) is 4.80. The molecule has 1 rings (SSSR count). The van der Waals surface area contributed by atoms with Crippen molar-refractivity contribution in [2.24, 2.45) is 0 Å². The van der Waals surface area contributed by atoms with Crippen LogP contribution in [0.2, 0.25) is 0 Å². The van der Waals surface area contributed by atoms with Crippen LogP contribution in [0.25, 0.3) is 0 Å². The fourth-order valence-corrected chi connectivity index (χ4v) is 1.40. The van der Waals surface area contributed by atoms with Gasteiger partial charge in [-0.3, -0.25) is 4.90 Å². The van der Waals surface area contributed by atoms with Gasteiger partial charge in [0.1, 0.15) is 0 Å². The third kappa shape index (κ3) is 3.46. The highest BCUT2D eigenvalue weighted by Crippen LogP contribution is 2.06. The predicted octanol–water partition coefficient (Wildman–Crippen LogP) is 0.646. The molecule has 1 unspecified atom stereocenters. The van der Waals surface area contributed by atoms with E-state index in [4.69, 9.17) is 9.84 Å². The van der Waals surface area contributed by atoms with E-state index in [1.807, 2.05) is 0 Å². The molecule has 0 saturated carbocycles. The third-order valence-corrected chi connectivity index (χ3v) is 2.29. The van der Waals surface area contributed by atoms with Gasteiger partial charge in [0.2, 0.25) is 0 Å². The summed E-state index contributed by atoms with van der Waals surface area (Å²) in [5, 5.41) is 9.08. The zero-order valence-corrected chi connectivity index (χ0v) is 8.49. The Morgan fingerprint density at radius 2 is 2.38 bits per heavy atom. The van der Waals surface area contributed by atoms with Gasteiger partial charge in [0.15, 0.2) is 0 Å². The summed E-state index contributed by atoms with van der Waals surface area (Å²) in [6.45, 7) is 7.67. The normalized spacial score (nSPS) is 24.4. The fourth-order valence-electron chi connectivity index (χ4n) is 1.40. The second-order valence-electron chi connectivity index (χ2n) is 3.69. The Balaban J connectivity index is 2.40. The Labute approximate surface area is 80.0 Å². The fraction of sp³-hybridized carbons (Fsp3) is 0.800. The molecule has 0 aliphatic carbocycles. The quantitative estimate of drug-likeness (QED) is 0.655. The molecule has 1 heterocycles. The maximum absolute atomic E-state index is 9.08. The molecule has 0 spiro atoms. The van der Waals surface area contributed by atoms with Crippen LogP contribution >= 0.6 is 0 Å². The topological polar surface area (TPSA) is 32.7 Å². The number of aliphatic hydroxyl groups is 1. The Bertz CT molecular complexity index is 176. The summed E-state index contributed by atoms with van der Waals surface area (Å²) in [7, 11) is 0. The molecule has 0 radical (unpaired) electrons. The molecule has 76 valence electrons. The number of allylic oxidation sites excluding steroid dienone is 1. The van der Waals surface area contributed by atoms with Crippen LogP contribution in [0.15, 0.2) is 11.6 Å². The molecular weight excluding hydrogens is 166 g/mol. The number of morpholine rings is 1.